The van der Waals surface area contributed by atoms with Crippen LogP contribution in [0.3, 0.4) is 0 Å². The summed E-state index contributed by atoms with van der Waals surface area (Å²) in [5.74, 6) is 0. The molecule has 0 unspecified atom stereocenters. The molecule has 10 aromatic carbocycles. The molecule has 0 bridgehead atoms. The molecule has 0 amide bonds. The van der Waals surface area contributed by atoms with E-state index in [1.807, 2.05) is 0 Å². The third-order valence-electron chi connectivity index (χ3n) is 13.1. The predicted molar refractivity (Wildman–Crippen MR) is 264 cm³/mol. The lowest BCUT2D eigenvalue weighted by molar-refractivity contribution is 0.768. The standard InChI is InChI=1S/C61H42N2/c1-4-17-43(18-5-1)46-19-16-24-51(41-46)62(49-35-31-44(32-36-49)45-33-37-50(38-34-45)63-59-29-14-11-26-55(59)56-27-12-15-30-60(56)63)52-39-40-54-53-25-10-13-28-57(53)61(58(54)42-52,47-20-6-2-7-21-47)48-22-8-3-9-23-48/h1-42H. The first-order valence-electron chi connectivity index (χ1n) is 21.8. The van der Waals surface area contributed by atoms with E-state index < -0.39 is 5.41 Å². The molecule has 1 aliphatic rings. The van der Waals surface area contributed by atoms with Gasteiger partial charge in [0.2, 0.25) is 0 Å². The van der Waals surface area contributed by atoms with Crippen molar-refractivity contribution in [2.75, 3.05) is 4.90 Å². The van der Waals surface area contributed by atoms with E-state index in [2.05, 4.69) is 264 Å². The molecule has 63 heavy (non-hydrogen) atoms. The Balaban J connectivity index is 0.993. The van der Waals surface area contributed by atoms with Crippen LogP contribution in [-0.4, -0.2) is 4.57 Å². The first-order valence-corrected chi connectivity index (χ1v) is 21.8. The number of aromatic nitrogens is 1. The number of fused-ring (bicyclic) bond motifs is 6. The van der Waals surface area contributed by atoms with Crippen molar-refractivity contribution in [3.63, 3.8) is 0 Å². The van der Waals surface area contributed by atoms with Crippen molar-refractivity contribution < 1.29 is 0 Å². The van der Waals surface area contributed by atoms with Crippen molar-refractivity contribution in [3.8, 4) is 39.1 Å². The van der Waals surface area contributed by atoms with Gasteiger partial charge in [-0.2, -0.15) is 0 Å². The van der Waals surface area contributed by atoms with E-state index >= 15 is 0 Å². The molecule has 0 radical (unpaired) electrons. The van der Waals surface area contributed by atoms with Crippen LogP contribution in [0.1, 0.15) is 22.3 Å². The van der Waals surface area contributed by atoms with Crippen molar-refractivity contribution in [2.45, 2.75) is 5.41 Å². The predicted octanol–water partition coefficient (Wildman–Crippen LogP) is 16.0. The van der Waals surface area contributed by atoms with Gasteiger partial charge in [0.15, 0.2) is 0 Å². The highest BCUT2D eigenvalue weighted by molar-refractivity contribution is 6.09. The lowest BCUT2D eigenvalue weighted by atomic mass is 9.67. The van der Waals surface area contributed by atoms with E-state index in [0.717, 1.165) is 22.7 Å². The maximum atomic E-state index is 2.45. The number of anilines is 3. The summed E-state index contributed by atoms with van der Waals surface area (Å²) in [6.07, 6.45) is 0. The normalized spacial score (nSPS) is 12.6. The maximum Gasteiger partial charge on any atom is 0.0714 e. The average molecular weight is 803 g/mol. The second-order valence-corrected chi connectivity index (χ2v) is 16.5. The van der Waals surface area contributed by atoms with Crippen molar-refractivity contribution >= 4 is 38.9 Å². The van der Waals surface area contributed by atoms with Gasteiger partial charge in [0, 0.05) is 33.5 Å². The second kappa shape index (κ2) is 15.1. The molecule has 2 heteroatoms. The number of hydrogen-bond acceptors (Lipinski definition) is 1. The van der Waals surface area contributed by atoms with Crippen molar-refractivity contribution in [2.24, 2.45) is 0 Å². The zero-order valence-corrected chi connectivity index (χ0v) is 34.6. The Kier molecular flexibility index (Phi) is 8.76. The molecule has 296 valence electrons. The summed E-state index contributed by atoms with van der Waals surface area (Å²) in [6, 6.07) is 93.2. The largest absolute Gasteiger partial charge is 0.310 e. The average Bonchev–Trinajstić information content (AvgIpc) is 3.86. The summed E-state index contributed by atoms with van der Waals surface area (Å²) < 4.78 is 2.37. The quantitative estimate of drug-likeness (QED) is 0.149. The molecule has 12 rings (SSSR count). The number of benzene rings is 10. The van der Waals surface area contributed by atoms with Crippen molar-refractivity contribution in [1.29, 1.82) is 0 Å². The van der Waals surface area contributed by atoms with Crippen LogP contribution in [0.15, 0.2) is 255 Å². The van der Waals surface area contributed by atoms with Crippen molar-refractivity contribution in [3.05, 3.63) is 277 Å². The summed E-state index contributed by atoms with van der Waals surface area (Å²) in [5.41, 5.74) is 18.7. The molecule has 0 aliphatic heterocycles. The Morgan fingerprint density at radius 2 is 0.778 bits per heavy atom. The molecule has 11 aromatic rings. The van der Waals surface area contributed by atoms with Gasteiger partial charge in [-0.3, -0.25) is 0 Å². The van der Waals surface area contributed by atoms with Gasteiger partial charge in [-0.15, -0.1) is 0 Å². The molecule has 2 nitrogen and oxygen atoms in total. The van der Waals surface area contributed by atoms with Gasteiger partial charge in [0.1, 0.15) is 0 Å². The molecule has 0 N–H and O–H groups in total. The van der Waals surface area contributed by atoms with E-state index in [-0.39, 0.29) is 0 Å². The molecule has 1 aromatic heterocycles. The fourth-order valence-electron chi connectivity index (χ4n) is 10.3. The minimum absolute atomic E-state index is 0.503. The fraction of sp³-hybridized carbons (Fsp3) is 0.0164. The number of nitrogens with zero attached hydrogens (tertiary/aromatic N) is 2. The lowest BCUT2D eigenvalue weighted by Gasteiger charge is -2.35. The minimum atomic E-state index is -0.503. The Morgan fingerprint density at radius 1 is 0.302 bits per heavy atom. The smallest absolute Gasteiger partial charge is 0.0714 e. The van der Waals surface area contributed by atoms with Gasteiger partial charge < -0.3 is 9.47 Å². The van der Waals surface area contributed by atoms with Gasteiger partial charge in [0.05, 0.1) is 16.4 Å². The SMILES string of the molecule is c1ccc(-c2cccc(N(c3ccc(-c4ccc(-n5c6ccccc6c6ccccc65)cc4)cc3)c3ccc4c(c3)C(c3ccccc3)(c3ccccc3)c3ccccc3-4)c2)cc1. The molecular formula is C61H42N2. The van der Waals surface area contributed by atoms with Gasteiger partial charge in [-0.05, 0) is 116 Å². The highest BCUT2D eigenvalue weighted by Gasteiger charge is 2.46. The van der Waals surface area contributed by atoms with Gasteiger partial charge >= 0.3 is 0 Å². The molecule has 0 atom stereocenters. The summed E-state index contributed by atoms with van der Waals surface area (Å²) in [4.78, 5) is 2.42. The Hall–Kier alpha value is -8.20. The Labute approximate surface area is 368 Å². The number of rotatable bonds is 8. The molecular weight excluding hydrogens is 761 g/mol. The first-order chi connectivity index (χ1) is 31.3. The summed E-state index contributed by atoms with van der Waals surface area (Å²) in [7, 11) is 0. The second-order valence-electron chi connectivity index (χ2n) is 16.5. The van der Waals surface area contributed by atoms with Crippen LogP contribution in [0.4, 0.5) is 17.1 Å². The van der Waals surface area contributed by atoms with Crippen LogP contribution >= 0.6 is 0 Å². The van der Waals surface area contributed by atoms with Crippen LogP contribution in [0.5, 0.6) is 0 Å². The summed E-state index contributed by atoms with van der Waals surface area (Å²) >= 11 is 0. The molecule has 0 fully saturated rings. The number of hydrogen-bond donors (Lipinski definition) is 0. The Bertz CT molecular complexity index is 3330. The van der Waals surface area contributed by atoms with Crippen LogP contribution in [-0.2, 0) is 5.41 Å². The first kappa shape index (κ1) is 36.6. The summed E-state index contributed by atoms with van der Waals surface area (Å²) in [5, 5.41) is 2.54. The van der Waals surface area contributed by atoms with Crippen LogP contribution in [0.25, 0.3) is 60.9 Å². The zero-order chi connectivity index (χ0) is 41.7. The highest BCUT2D eigenvalue weighted by Crippen LogP contribution is 2.57. The molecule has 1 heterocycles. The minimum Gasteiger partial charge on any atom is -0.310 e. The van der Waals surface area contributed by atoms with Gasteiger partial charge in [0.25, 0.3) is 0 Å². The maximum absolute atomic E-state index is 2.45. The molecule has 1 aliphatic carbocycles. The van der Waals surface area contributed by atoms with Crippen molar-refractivity contribution in [1.82, 2.24) is 4.57 Å². The monoisotopic (exact) mass is 802 g/mol. The zero-order valence-electron chi connectivity index (χ0n) is 34.6. The Morgan fingerprint density at radius 3 is 1.43 bits per heavy atom. The van der Waals surface area contributed by atoms with E-state index in [0.29, 0.717) is 0 Å². The van der Waals surface area contributed by atoms with Crippen LogP contribution < -0.4 is 4.90 Å². The van der Waals surface area contributed by atoms with Crippen LogP contribution in [0.2, 0.25) is 0 Å². The van der Waals surface area contributed by atoms with Gasteiger partial charge in [-0.25, -0.2) is 0 Å². The molecule has 0 spiro atoms. The molecule has 0 saturated heterocycles. The highest BCUT2D eigenvalue weighted by atomic mass is 15.1. The lowest BCUT2D eigenvalue weighted by Crippen LogP contribution is -2.28. The fourth-order valence-corrected chi connectivity index (χ4v) is 10.3. The third kappa shape index (κ3) is 5.95. The topological polar surface area (TPSA) is 8.17 Å². The van der Waals surface area contributed by atoms with E-state index in [1.165, 1.54) is 77.4 Å². The third-order valence-corrected chi connectivity index (χ3v) is 13.1. The van der Waals surface area contributed by atoms with Crippen LogP contribution in [0, 0.1) is 0 Å². The summed E-state index contributed by atoms with van der Waals surface area (Å²) in [6.45, 7) is 0. The molecule has 0 saturated carbocycles. The van der Waals surface area contributed by atoms with Gasteiger partial charge in [-0.1, -0.05) is 194 Å². The van der Waals surface area contributed by atoms with E-state index in [9.17, 15) is 0 Å². The van der Waals surface area contributed by atoms with E-state index in [1.54, 1.807) is 0 Å². The van der Waals surface area contributed by atoms with E-state index in [4.69, 9.17) is 0 Å². The number of para-hydroxylation sites is 2.